The van der Waals surface area contributed by atoms with E-state index in [4.69, 9.17) is 0 Å². The van der Waals surface area contributed by atoms with Gasteiger partial charge in [-0.25, -0.2) is 0 Å². The number of nitrogens with zero attached hydrogens (tertiary/aromatic N) is 2. The summed E-state index contributed by atoms with van der Waals surface area (Å²) in [6, 6.07) is 4.91. The van der Waals surface area contributed by atoms with Crippen molar-refractivity contribution in [3.05, 3.63) is 29.6 Å². The Morgan fingerprint density at radius 2 is 2.13 bits per heavy atom. The van der Waals surface area contributed by atoms with E-state index in [0.29, 0.717) is 6.04 Å². The molecule has 2 heterocycles. The van der Waals surface area contributed by atoms with Crippen molar-refractivity contribution in [1.29, 1.82) is 0 Å². The van der Waals surface area contributed by atoms with E-state index in [1.54, 1.807) is 0 Å². The van der Waals surface area contributed by atoms with Crippen LogP contribution >= 0.6 is 0 Å². The van der Waals surface area contributed by atoms with Crippen molar-refractivity contribution in [2.24, 2.45) is 0 Å². The molecule has 1 saturated heterocycles. The quantitative estimate of drug-likeness (QED) is 0.676. The maximum absolute atomic E-state index is 4.33. The summed E-state index contributed by atoms with van der Waals surface area (Å²) in [5.41, 5.74) is 2.47. The van der Waals surface area contributed by atoms with Gasteiger partial charge in [0.15, 0.2) is 0 Å². The number of aromatic nitrogens is 1. The van der Waals surface area contributed by atoms with E-state index >= 15 is 0 Å². The van der Waals surface area contributed by atoms with Gasteiger partial charge in [-0.3, -0.25) is 9.88 Å². The van der Waals surface area contributed by atoms with Crippen LogP contribution in [0.25, 0.3) is 0 Å². The van der Waals surface area contributed by atoms with Gasteiger partial charge in [0.25, 0.3) is 0 Å². The van der Waals surface area contributed by atoms with E-state index in [0.717, 1.165) is 5.69 Å². The van der Waals surface area contributed by atoms with E-state index in [1.807, 2.05) is 13.1 Å². The minimum Gasteiger partial charge on any atom is -0.299 e. The summed E-state index contributed by atoms with van der Waals surface area (Å²) in [5, 5.41) is 0. The van der Waals surface area contributed by atoms with E-state index in [9.17, 15) is 0 Å². The van der Waals surface area contributed by atoms with Crippen molar-refractivity contribution in [3.63, 3.8) is 0 Å². The fourth-order valence-corrected chi connectivity index (χ4v) is 2.01. The Balaban J connectivity index is 0.000000980. The molecule has 81 valence electrons. The number of aryl methyl sites for hydroxylation is 1. The van der Waals surface area contributed by atoms with Crippen molar-refractivity contribution in [1.82, 2.24) is 9.88 Å². The predicted octanol–water partition coefficient (Wildman–Crippen LogP) is 1.77. The molecule has 2 nitrogen and oxygen atoms in total. The Kier molecular flexibility index (Phi) is 7.57. The second kappa shape index (κ2) is 7.19. The van der Waals surface area contributed by atoms with Crippen molar-refractivity contribution in [3.8, 4) is 0 Å². The molecule has 2 rings (SSSR count). The van der Waals surface area contributed by atoms with Crippen LogP contribution in [0.2, 0.25) is 0 Å². The van der Waals surface area contributed by atoms with E-state index < -0.39 is 0 Å². The van der Waals surface area contributed by atoms with Crippen LogP contribution in [-0.2, 0) is 21.1 Å². The molecule has 1 aromatic heterocycles. The standard InChI is InChI=1S/C11H16N2.Na.Pt/c1-9-5-6-10(8-12-9)11-4-3-7-13(11)2;;/h5-6,8,11H,3-4,7H2,1-2H3;;. The molecule has 1 aliphatic rings. The van der Waals surface area contributed by atoms with Crippen LogP contribution in [0.5, 0.6) is 0 Å². The van der Waals surface area contributed by atoms with Crippen molar-refractivity contribution >= 4 is 29.6 Å². The largest absolute Gasteiger partial charge is 0.299 e. The van der Waals surface area contributed by atoms with Crippen LogP contribution in [0.15, 0.2) is 18.3 Å². The van der Waals surface area contributed by atoms with Gasteiger partial charge < -0.3 is 0 Å². The van der Waals surface area contributed by atoms with Gasteiger partial charge in [-0.15, -0.1) is 0 Å². The molecule has 0 spiro atoms. The van der Waals surface area contributed by atoms with Crippen LogP contribution in [0, 0.1) is 6.92 Å². The minimum atomic E-state index is 0. The van der Waals surface area contributed by atoms with E-state index in [2.05, 4.69) is 29.1 Å². The first-order valence-electron chi connectivity index (χ1n) is 4.90. The van der Waals surface area contributed by atoms with Crippen LogP contribution in [0.3, 0.4) is 0 Å². The Hall–Kier alpha value is 0.798. The third-order valence-electron chi connectivity index (χ3n) is 2.84. The van der Waals surface area contributed by atoms with Crippen LogP contribution < -0.4 is 0 Å². The zero-order valence-corrected chi connectivity index (χ0v) is 13.9. The van der Waals surface area contributed by atoms with Gasteiger partial charge in [-0.1, -0.05) is 6.07 Å². The molecule has 0 saturated carbocycles. The van der Waals surface area contributed by atoms with Crippen LogP contribution in [0.1, 0.15) is 30.1 Å². The molecule has 1 unspecified atom stereocenters. The van der Waals surface area contributed by atoms with Gasteiger partial charge in [0.05, 0.1) is 0 Å². The Morgan fingerprint density at radius 3 is 2.60 bits per heavy atom. The molecule has 0 N–H and O–H groups in total. The Labute approximate surface area is 128 Å². The molecule has 1 aromatic rings. The third-order valence-corrected chi connectivity index (χ3v) is 2.84. The second-order valence-electron chi connectivity index (χ2n) is 3.87. The molecule has 1 fully saturated rings. The van der Waals surface area contributed by atoms with Crippen LogP contribution in [-0.4, -0.2) is 53.0 Å². The smallest absolute Gasteiger partial charge is 0.0372 e. The first-order chi connectivity index (χ1) is 6.27. The average Bonchev–Trinajstić information content (AvgIpc) is 2.53. The van der Waals surface area contributed by atoms with Gasteiger partial charge in [0.2, 0.25) is 0 Å². The predicted molar refractivity (Wildman–Crippen MR) is 59.3 cm³/mol. The fraction of sp³-hybridized carbons (Fsp3) is 0.545. The minimum absolute atomic E-state index is 0. The molecule has 15 heavy (non-hydrogen) atoms. The van der Waals surface area contributed by atoms with Gasteiger partial charge in [0, 0.05) is 68.6 Å². The molecule has 0 aromatic carbocycles. The number of rotatable bonds is 1. The van der Waals surface area contributed by atoms with Crippen LogP contribution in [0.4, 0.5) is 0 Å². The van der Waals surface area contributed by atoms with Gasteiger partial charge in [0.1, 0.15) is 0 Å². The van der Waals surface area contributed by atoms with Crippen molar-refractivity contribution < 1.29 is 21.1 Å². The molecule has 0 amide bonds. The molecule has 1 radical (unpaired) electrons. The summed E-state index contributed by atoms with van der Waals surface area (Å²) >= 11 is 0. The molecule has 0 bridgehead atoms. The van der Waals surface area contributed by atoms with E-state index in [1.165, 1.54) is 24.9 Å². The second-order valence-corrected chi connectivity index (χ2v) is 3.87. The van der Waals surface area contributed by atoms with Gasteiger partial charge in [-0.2, -0.15) is 0 Å². The average molecular weight is 394 g/mol. The molecule has 4 heteroatoms. The maximum Gasteiger partial charge on any atom is 0.0372 e. The Bertz CT molecular complexity index is 289. The molecule has 1 aliphatic heterocycles. The summed E-state index contributed by atoms with van der Waals surface area (Å²) in [5.74, 6) is 0. The molecule has 0 aliphatic carbocycles. The summed E-state index contributed by atoms with van der Waals surface area (Å²) in [7, 11) is 2.19. The zero-order valence-electron chi connectivity index (χ0n) is 9.64. The van der Waals surface area contributed by atoms with Crippen molar-refractivity contribution in [2.45, 2.75) is 25.8 Å². The molecular weight excluding hydrogens is 378 g/mol. The monoisotopic (exact) mass is 394 g/mol. The SMILES string of the molecule is Cc1ccc(C2CCCN2C)cn1.[Na].[Pt]. The number of likely N-dealkylation sites (tertiary alicyclic amines) is 1. The number of hydrogen-bond acceptors (Lipinski definition) is 2. The zero-order chi connectivity index (χ0) is 9.26. The fourth-order valence-electron chi connectivity index (χ4n) is 2.01. The first kappa shape index (κ1) is 15.8. The maximum atomic E-state index is 4.33. The van der Waals surface area contributed by atoms with E-state index in [-0.39, 0.29) is 50.6 Å². The summed E-state index contributed by atoms with van der Waals surface area (Å²) in [6.07, 6.45) is 4.61. The van der Waals surface area contributed by atoms with Gasteiger partial charge >= 0.3 is 0 Å². The number of pyridine rings is 1. The Morgan fingerprint density at radius 1 is 1.40 bits per heavy atom. The normalized spacial score (nSPS) is 20.5. The molecular formula is C11H16N2NaPt. The first-order valence-corrected chi connectivity index (χ1v) is 4.90. The van der Waals surface area contributed by atoms with Crippen molar-refractivity contribution in [2.75, 3.05) is 13.6 Å². The third kappa shape index (κ3) is 3.94. The summed E-state index contributed by atoms with van der Waals surface area (Å²) < 4.78 is 0. The summed E-state index contributed by atoms with van der Waals surface area (Å²) in [4.78, 5) is 6.74. The topological polar surface area (TPSA) is 16.1 Å². The number of hydrogen-bond donors (Lipinski definition) is 0. The molecule has 1 atom stereocenters. The van der Waals surface area contributed by atoms with Gasteiger partial charge in [-0.05, 0) is 45.0 Å². The summed E-state index contributed by atoms with van der Waals surface area (Å²) in [6.45, 7) is 3.25.